The number of rotatable bonds is 4. The molecule has 0 unspecified atom stereocenters. The smallest absolute Gasteiger partial charge is 0.162 e. The lowest BCUT2D eigenvalue weighted by Gasteiger charge is -2.36. The summed E-state index contributed by atoms with van der Waals surface area (Å²) in [6.07, 6.45) is 1.83. The lowest BCUT2D eigenvalue weighted by molar-refractivity contribution is 0.0937. The second-order valence-corrected chi connectivity index (χ2v) is 6.90. The van der Waals surface area contributed by atoms with Gasteiger partial charge in [0.15, 0.2) is 5.82 Å². The van der Waals surface area contributed by atoms with Crippen LogP contribution in [0.2, 0.25) is 0 Å². The van der Waals surface area contributed by atoms with Crippen molar-refractivity contribution in [2.75, 3.05) is 24.7 Å². The van der Waals surface area contributed by atoms with E-state index >= 15 is 0 Å². The second-order valence-electron chi connectivity index (χ2n) is 5.89. The van der Waals surface area contributed by atoms with Crippen LogP contribution < -0.4 is 10.6 Å². The third-order valence-electron chi connectivity index (χ3n) is 4.42. The second kappa shape index (κ2) is 7.31. The number of nitrogens with zero attached hydrogens (tertiary/aromatic N) is 3. The van der Waals surface area contributed by atoms with Crippen molar-refractivity contribution >= 4 is 17.2 Å². The average molecular weight is 352 g/mol. The van der Waals surface area contributed by atoms with Crippen LogP contribution in [0, 0.1) is 0 Å². The Hall–Kier alpha value is -2.28. The summed E-state index contributed by atoms with van der Waals surface area (Å²) in [5.74, 6) is 1.66. The van der Waals surface area contributed by atoms with Crippen molar-refractivity contribution in [1.82, 2.24) is 9.97 Å². The molecule has 0 amide bonds. The lowest BCUT2D eigenvalue weighted by atomic mass is 10.1. The molecule has 3 aromatic rings. The number of morpholine rings is 1. The monoisotopic (exact) mass is 352 g/mol. The van der Waals surface area contributed by atoms with Crippen molar-refractivity contribution in [3.05, 3.63) is 64.5 Å². The van der Waals surface area contributed by atoms with Gasteiger partial charge in [0.1, 0.15) is 5.82 Å². The highest BCUT2D eigenvalue weighted by Gasteiger charge is 2.26. The number of ether oxygens (including phenoxy) is 1. The molecule has 1 aliphatic rings. The summed E-state index contributed by atoms with van der Waals surface area (Å²) in [5.41, 5.74) is 8.10. The Labute approximate surface area is 151 Å². The molecule has 128 valence electrons. The molecule has 0 bridgehead atoms. The van der Waals surface area contributed by atoms with Crippen molar-refractivity contribution in [3.63, 3.8) is 0 Å². The van der Waals surface area contributed by atoms with Crippen LogP contribution in [0.3, 0.4) is 0 Å². The van der Waals surface area contributed by atoms with E-state index in [0.717, 1.165) is 28.6 Å². The zero-order chi connectivity index (χ0) is 17.1. The minimum Gasteiger partial charge on any atom is -0.377 e. The molecule has 4 rings (SSSR count). The number of anilines is 1. The van der Waals surface area contributed by atoms with Gasteiger partial charge in [-0.2, -0.15) is 0 Å². The molecule has 2 N–H and O–H groups in total. The average Bonchev–Trinajstić information content (AvgIpc) is 3.18. The molecule has 1 aromatic carbocycles. The van der Waals surface area contributed by atoms with Gasteiger partial charge >= 0.3 is 0 Å². The van der Waals surface area contributed by atoms with Gasteiger partial charge in [-0.1, -0.05) is 30.3 Å². The van der Waals surface area contributed by atoms with Crippen LogP contribution in [0.5, 0.6) is 0 Å². The van der Waals surface area contributed by atoms with E-state index in [9.17, 15) is 0 Å². The van der Waals surface area contributed by atoms with Crippen LogP contribution in [-0.4, -0.2) is 29.7 Å². The van der Waals surface area contributed by atoms with E-state index in [1.54, 1.807) is 11.3 Å². The third-order valence-corrected chi connectivity index (χ3v) is 5.36. The van der Waals surface area contributed by atoms with Gasteiger partial charge in [-0.05, 0) is 23.1 Å². The van der Waals surface area contributed by atoms with E-state index in [-0.39, 0.29) is 6.04 Å². The number of benzene rings is 1. The summed E-state index contributed by atoms with van der Waals surface area (Å²) in [6.45, 7) is 2.68. The molecule has 1 aliphatic heterocycles. The highest BCUT2D eigenvalue weighted by Crippen LogP contribution is 2.31. The summed E-state index contributed by atoms with van der Waals surface area (Å²) < 4.78 is 5.73. The number of nitrogens with two attached hydrogens (primary N) is 1. The largest absolute Gasteiger partial charge is 0.377 e. The van der Waals surface area contributed by atoms with Crippen molar-refractivity contribution in [3.8, 4) is 11.4 Å². The van der Waals surface area contributed by atoms with Gasteiger partial charge in [0, 0.05) is 29.7 Å². The summed E-state index contributed by atoms with van der Waals surface area (Å²) in [5, 5.41) is 2.04. The summed E-state index contributed by atoms with van der Waals surface area (Å²) in [4.78, 5) is 12.7. The summed E-state index contributed by atoms with van der Waals surface area (Å²) in [6, 6.07) is 14.6. The topological polar surface area (TPSA) is 64.3 Å². The van der Waals surface area contributed by atoms with Crippen LogP contribution in [0.4, 0.5) is 5.82 Å². The maximum atomic E-state index is 5.84. The van der Waals surface area contributed by atoms with E-state index in [1.807, 2.05) is 29.8 Å². The van der Waals surface area contributed by atoms with E-state index in [0.29, 0.717) is 19.8 Å². The molecular formula is C19H20N4OS. The Morgan fingerprint density at radius 1 is 1.20 bits per heavy atom. The molecule has 6 heteroatoms. The molecule has 1 atom stereocenters. The number of hydrogen-bond donors (Lipinski definition) is 1. The first-order valence-electron chi connectivity index (χ1n) is 8.36. The molecule has 25 heavy (non-hydrogen) atoms. The Balaban J connectivity index is 1.69. The van der Waals surface area contributed by atoms with Crippen molar-refractivity contribution < 1.29 is 4.74 Å². The van der Waals surface area contributed by atoms with Crippen molar-refractivity contribution in [2.45, 2.75) is 12.6 Å². The number of hydrogen-bond acceptors (Lipinski definition) is 6. The van der Waals surface area contributed by atoms with Gasteiger partial charge in [0.2, 0.25) is 0 Å². The van der Waals surface area contributed by atoms with Gasteiger partial charge in [-0.15, -0.1) is 11.3 Å². The Bertz CT molecular complexity index is 836. The summed E-state index contributed by atoms with van der Waals surface area (Å²) >= 11 is 1.64. The fourth-order valence-electron chi connectivity index (χ4n) is 3.17. The predicted octanol–water partition coefficient (Wildman–Crippen LogP) is 3.24. The quantitative estimate of drug-likeness (QED) is 0.781. The highest BCUT2D eigenvalue weighted by molar-refractivity contribution is 7.10. The zero-order valence-corrected chi connectivity index (χ0v) is 14.7. The molecule has 0 radical (unpaired) electrons. The normalized spacial score (nSPS) is 17.6. The van der Waals surface area contributed by atoms with Crippen LogP contribution in [-0.2, 0) is 11.3 Å². The molecule has 3 heterocycles. The maximum Gasteiger partial charge on any atom is 0.162 e. The molecule has 5 nitrogen and oxygen atoms in total. The molecule has 0 aliphatic carbocycles. The number of thiophene rings is 1. The van der Waals surface area contributed by atoms with Crippen LogP contribution >= 0.6 is 11.3 Å². The van der Waals surface area contributed by atoms with Gasteiger partial charge in [-0.25, -0.2) is 9.97 Å². The van der Waals surface area contributed by atoms with Gasteiger partial charge in [0.05, 0.1) is 19.3 Å². The Morgan fingerprint density at radius 2 is 2.08 bits per heavy atom. The predicted molar refractivity (Wildman–Crippen MR) is 101 cm³/mol. The molecule has 1 saturated heterocycles. The van der Waals surface area contributed by atoms with Crippen LogP contribution in [0.25, 0.3) is 11.4 Å². The van der Waals surface area contributed by atoms with Crippen LogP contribution in [0.1, 0.15) is 16.5 Å². The van der Waals surface area contributed by atoms with Gasteiger partial charge in [0.25, 0.3) is 0 Å². The fraction of sp³-hybridized carbons (Fsp3) is 0.263. The van der Waals surface area contributed by atoms with Gasteiger partial charge < -0.3 is 15.4 Å². The van der Waals surface area contributed by atoms with E-state index < -0.39 is 0 Å². The van der Waals surface area contributed by atoms with E-state index in [2.05, 4.69) is 34.1 Å². The fourth-order valence-corrected chi connectivity index (χ4v) is 3.92. The third kappa shape index (κ3) is 3.28. The molecule has 0 spiro atoms. The molecule has 2 aromatic heterocycles. The van der Waals surface area contributed by atoms with Crippen molar-refractivity contribution in [2.24, 2.45) is 5.73 Å². The minimum atomic E-state index is 0.161. The minimum absolute atomic E-state index is 0.161. The Morgan fingerprint density at radius 3 is 2.92 bits per heavy atom. The standard InChI is InChI=1S/C19H20N4OS/c20-12-17-15(7-11-25-17)19-21-8-6-18(22-19)23-9-10-24-13-16(23)14-4-2-1-3-5-14/h1-8,11,16H,9-10,12-13,20H2/t16-/m1/s1. The highest BCUT2D eigenvalue weighted by atomic mass is 32.1. The zero-order valence-electron chi connectivity index (χ0n) is 13.8. The SMILES string of the molecule is NCc1sccc1-c1nccc(N2CCOC[C@@H]2c2ccccc2)n1. The molecule has 0 saturated carbocycles. The van der Waals surface area contributed by atoms with E-state index in [1.165, 1.54) is 5.56 Å². The van der Waals surface area contributed by atoms with Crippen LogP contribution in [0.15, 0.2) is 54.0 Å². The maximum absolute atomic E-state index is 5.84. The first-order chi connectivity index (χ1) is 12.4. The summed E-state index contributed by atoms with van der Waals surface area (Å²) in [7, 11) is 0. The van der Waals surface area contributed by atoms with Crippen molar-refractivity contribution in [1.29, 1.82) is 0 Å². The van der Waals surface area contributed by atoms with Gasteiger partial charge in [-0.3, -0.25) is 0 Å². The Kier molecular flexibility index (Phi) is 4.74. The number of aromatic nitrogens is 2. The van der Waals surface area contributed by atoms with E-state index in [4.69, 9.17) is 15.5 Å². The first kappa shape index (κ1) is 16.2. The lowest BCUT2D eigenvalue weighted by Crippen LogP contribution is -2.40. The molecule has 1 fully saturated rings. The first-order valence-corrected chi connectivity index (χ1v) is 9.24. The molecular weight excluding hydrogens is 332 g/mol.